The molecular weight excluding hydrogens is 192 g/mol. The van der Waals surface area contributed by atoms with E-state index in [1.165, 1.54) is 7.11 Å². The molecule has 1 fully saturated rings. The molecule has 1 aromatic carbocycles. The molecule has 1 aromatic rings. The average molecular weight is 208 g/mol. The smallest absolute Gasteiger partial charge is 0.163 e. The Morgan fingerprint density at radius 2 is 2.07 bits per heavy atom. The molecule has 0 aromatic heterocycles. The molecule has 0 spiro atoms. The lowest BCUT2D eigenvalue weighted by Crippen LogP contribution is -2.10. The van der Waals surface area contributed by atoms with Crippen LogP contribution in [-0.4, -0.2) is 22.9 Å². The monoisotopic (exact) mass is 208 g/mol. The van der Waals surface area contributed by atoms with Crippen LogP contribution in [0.2, 0.25) is 0 Å². The molecule has 0 heterocycles. The minimum Gasteiger partial charge on any atom is -0.504 e. The molecule has 3 heteroatoms. The van der Waals surface area contributed by atoms with Crippen LogP contribution in [0.25, 0.3) is 0 Å². The van der Waals surface area contributed by atoms with Gasteiger partial charge < -0.3 is 14.9 Å². The topological polar surface area (TPSA) is 49.7 Å². The fourth-order valence-corrected chi connectivity index (χ4v) is 1.90. The van der Waals surface area contributed by atoms with E-state index in [-0.39, 0.29) is 5.75 Å². The molecule has 15 heavy (non-hydrogen) atoms. The fraction of sp³-hybridized carbons (Fsp3) is 0.500. The first-order valence-corrected chi connectivity index (χ1v) is 5.13. The van der Waals surface area contributed by atoms with Gasteiger partial charge in [-0.15, -0.1) is 0 Å². The normalized spacial score (nSPS) is 17.5. The number of hydrogen-bond donors (Lipinski definition) is 2. The van der Waals surface area contributed by atoms with E-state index in [1.807, 2.05) is 13.0 Å². The quantitative estimate of drug-likeness (QED) is 0.796. The Balaban J connectivity index is 2.26. The number of hydrogen-bond acceptors (Lipinski definition) is 3. The molecule has 2 N–H and O–H groups in total. The second-order valence-corrected chi connectivity index (χ2v) is 4.37. The van der Waals surface area contributed by atoms with Crippen LogP contribution in [0.3, 0.4) is 0 Å². The third-order valence-corrected chi connectivity index (χ3v) is 2.88. The summed E-state index contributed by atoms with van der Waals surface area (Å²) in [5.74, 6) is 0.665. The summed E-state index contributed by atoms with van der Waals surface area (Å²) in [5.41, 5.74) is 1.34. The molecule has 82 valence electrons. The van der Waals surface area contributed by atoms with E-state index in [9.17, 15) is 10.2 Å². The summed E-state index contributed by atoms with van der Waals surface area (Å²) in [6.45, 7) is 1.89. The molecule has 1 saturated carbocycles. The van der Waals surface area contributed by atoms with Crippen LogP contribution in [0.15, 0.2) is 12.1 Å². The molecule has 0 aliphatic heterocycles. The van der Waals surface area contributed by atoms with E-state index >= 15 is 0 Å². The largest absolute Gasteiger partial charge is 0.504 e. The SMILES string of the molecule is COc1c(C)cc(CC2(O)CC2)cc1O. The number of phenols is 1. The van der Waals surface area contributed by atoms with Crippen LogP contribution in [0, 0.1) is 6.92 Å². The van der Waals surface area contributed by atoms with Crippen LogP contribution >= 0.6 is 0 Å². The summed E-state index contributed by atoms with van der Waals surface area (Å²) in [7, 11) is 1.54. The van der Waals surface area contributed by atoms with Gasteiger partial charge in [0, 0.05) is 6.42 Å². The molecule has 0 unspecified atom stereocenters. The average Bonchev–Trinajstić information content (AvgIpc) is 2.82. The van der Waals surface area contributed by atoms with Gasteiger partial charge in [-0.1, -0.05) is 6.07 Å². The number of aromatic hydroxyl groups is 1. The molecular formula is C12H16O3. The molecule has 0 bridgehead atoms. The number of rotatable bonds is 3. The van der Waals surface area contributed by atoms with Crippen molar-refractivity contribution >= 4 is 0 Å². The molecule has 1 aliphatic rings. The Kier molecular flexibility index (Phi) is 2.35. The summed E-state index contributed by atoms with van der Waals surface area (Å²) < 4.78 is 5.06. The molecule has 2 rings (SSSR count). The minimum absolute atomic E-state index is 0.150. The number of methoxy groups -OCH3 is 1. The van der Waals surface area contributed by atoms with E-state index in [0.29, 0.717) is 12.2 Å². The van der Waals surface area contributed by atoms with Crippen molar-refractivity contribution in [1.82, 2.24) is 0 Å². The van der Waals surface area contributed by atoms with Gasteiger partial charge in [-0.05, 0) is 37.0 Å². The van der Waals surface area contributed by atoms with Crippen LogP contribution in [0.5, 0.6) is 11.5 Å². The number of aryl methyl sites for hydroxylation is 1. The fourth-order valence-electron chi connectivity index (χ4n) is 1.90. The van der Waals surface area contributed by atoms with Crippen molar-refractivity contribution in [1.29, 1.82) is 0 Å². The Bertz CT molecular complexity index is 357. The summed E-state index contributed by atoms with van der Waals surface area (Å²) >= 11 is 0. The minimum atomic E-state index is -0.520. The molecule has 0 atom stereocenters. The van der Waals surface area contributed by atoms with Gasteiger partial charge in [0.05, 0.1) is 12.7 Å². The van der Waals surface area contributed by atoms with Gasteiger partial charge in [0.25, 0.3) is 0 Å². The highest BCUT2D eigenvalue weighted by molar-refractivity contribution is 5.48. The Labute approximate surface area is 89.3 Å². The maximum Gasteiger partial charge on any atom is 0.163 e. The van der Waals surface area contributed by atoms with Crippen LogP contribution < -0.4 is 4.74 Å². The van der Waals surface area contributed by atoms with Crippen molar-refractivity contribution in [3.8, 4) is 11.5 Å². The lowest BCUT2D eigenvalue weighted by Gasteiger charge is -2.12. The van der Waals surface area contributed by atoms with E-state index in [1.54, 1.807) is 6.07 Å². The zero-order chi connectivity index (χ0) is 11.1. The summed E-state index contributed by atoms with van der Waals surface area (Å²) in [4.78, 5) is 0. The predicted octanol–water partition coefficient (Wildman–Crippen LogP) is 1.78. The first kappa shape index (κ1) is 10.3. The number of ether oxygens (including phenoxy) is 1. The van der Waals surface area contributed by atoms with Crippen molar-refractivity contribution in [2.24, 2.45) is 0 Å². The number of benzene rings is 1. The van der Waals surface area contributed by atoms with E-state index in [0.717, 1.165) is 24.0 Å². The summed E-state index contributed by atoms with van der Waals surface area (Å²) in [6.07, 6.45) is 2.34. The van der Waals surface area contributed by atoms with Gasteiger partial charge in [0.2, 0.25) is 0 Å². The first-order chi connectivity index (χ1) is 7.04. The summed E-state index contributed by atoms with van der Waals surface area (Å²) in [6, 6.07) is 3.62. The first-order valence-electron chi connectivity index (χ1n) is 5.13. The van der Waals surface area contributed by atoms with Crippen molar-refractivity contribution < 1.29 is 14.9 Å². The Morgan fingerprint density at radius 1 is 1.40 bits per heavy atom. The van der Waals surface area contributed by atoms with Crippen LogP contribution in [-0.2, 0) is 6.42 Å². The van der Waals surface area contributed by atoms with Crippen molar-refractivity contribution in [3.05, 3.63) is 23.3 Å². The van der Waals surface area contributed by atoms with Gasteiger partial charge in [0.15, 0.2) is 11.5 Å². The lowest BCUT2D eigenvalue weighted by molar-refractivity contribution is 0.151. The maximum atomic E-state index is 9.78. The second-order valence-electron chi connectivity index (χ2n) is 4.37. The zero-order valence-electron chi connectivity index (χ0n) is 9.08. The molecule has 0 amide bonds. The van der Waals surface area contributed by atoms with Gasteiger partial charge in [0.1, 0.15) is 0 Å². The predicted molar refractivity (Wildman–Crippen MR) is 57.3 cm³/mol. The van der Waals surface area contributed by atoms with E-state index in [2.05, 4.69) is 0 Å². The van der Waals surface area contributed by atoms with E-state index in [4.69, 9.17) is 4.74 Å². The maximum absolute atomic E-state index is 9.78. The van der Waals surface area contributed by atoms with Gasteiger partial charge in [-0.3, -0.25) is 0 Å². The number of phenolic OH excluding ortho intramolecular Hbond substituents is 1. The third-order valence-electron chi connectivity index (χ3n) is 2.88. The van der Waals surface area contributed by atoms with Gasteiger partial charge in [-0.25, -0.2) is 0 Å². The highest BCUT2D eigenvalue weighted by Gasteiger charge is 2.40. The summed E-state index contributed by atoms with van der Waals surface area (Å²) in [5, 5.41) is 19.5. The zero-order valence-corrected chi connectivity index (χ0v) is 9.08. The Morgan fingerprint density at radius 3 is 2.53 bits per heavy atom. The highest BCUT2D eigenvalue weighted by atomic mass is 16.5. The van der Waals surface area contributed by atoms with Gasteiger partial charge in [-0.2, -0.15) is 0 Å². The van der Waals surface area contributed by atoms with E-state index < -0.39 is 5.60 Å². The van der Waals surface area contributed by atoms with Crippen molar-refractivity contribution in [2.75, 3.05) is 7.11 Å². The molecule has 0 radical (unpaired) electrons. The number of aliphatic hydroxyl groups is 1. The van der Waals surface area contributed by atoms with Gasteiger partial charge >= 0.3 is 0 Å². The second kappa shape index (κ2) is 3.42. The van der Waals surface area contributed by atoms with Crippen LogP contribution in [0.1, 0.15) is 24.0 Å². The van der Waals surface area contributed by atoms with Crippen molar-refractivity contribution in [2.45, 2.75) is 31.8 Å². The highest BCUT2D eigenvalue weighted by Crippen LogP contribution is 2.40. The molecule has 0 saturated heterocycles. The van der Waals surface area contributed by atoms with Crippen molar-refractivity contribution in [3.63, 3.8) is 0 Å². The molecule has 1 aliphatic carbocycles. The Hall–Kier alpha value is -1.22. The molecule has 3 nitrogen and oxygen atoms in total. The lowest BCUT2D eigenvalue weighted by atomic mass is 10.0. The van der Waals surface area contributed by atoms with Crippen LogP contribution in [0.4, 0.5) is 0 Å². The third kappa shape index (κ3) is 2.07. The standard InChI is InChI=1S/C12H16O3/c1-8-5-9(7-12(14)3-4-12)6-10(13)11(8)15-2/h5-6,13-14H,3-4,7H2,1-2H3.